The molecule has 5 heterocycles. The number of aryl methyl sites for hydroxylation is 1. The molecule has 7 rings (SSSR count). The van der Waals surface area contributed by atoms with Gasteiger partial charge in [-0.3, -0.25) is 4.98 Å². The fraction of sp³-hybridized carbons (Fsp3) is 0.107. The van der Waals surface area contributed by atoms with Crippen molar-refractivity contribution in [1.82, 2.24) is 34.3 Å². The van der Waals surface area contributed by atoms with Gasteiger partial charge in [0.05, 0.1) is 35.5 Å². The first-order valence-corrected chi connectivity index (χ1v) is 12.3. The van der Waals surface area contributed by atoms with Crippen LogP contribution in [0.2, 0.25) is 5.02 Å². The number of hydrogen-bond donors (Lipinski definition) is 0. The molecule has 2 aromatic carbocycles. The summed E-state index contributed by atoms with van der Waals surface area (Å²) < 4.78 is 15.3. The molecular weight excluding hydrogens is 502 g/mol. The zero-order valence-corrected chi connectivity index (χ0v) is 21.2. The third-order valence-corrected chi connectivity index (χ3v) is 6.88. The summed E-state index contributed by atoms with van der Waals surface area (Å²) in [6, 6.07) is 19.3. The van der Waals surface area contributed by atoms with E-state index in [1.807, 2.05) is 67.6 Å². The van der Waals surface area contributed by atoms with E-state index in [0.717, 1.165) is 39.4 Å². The number of hydrogen-bond acceptors (Lipinski definition) is 7. The molecule has 0 saturated heterocycles. The van der Waals surface area contributed by atoms with Crippen LogP contribution in [0, 0.1) is 6.92 Å². The molecule has 1 aliphatic heterocycles. The van der Waals surface area contributed by atoms with Gasteiger partial charge in [0.25, 0.3) is 0 Å². The van der Waals surface area contributed by atoms with E-state index in [4.69, 9.17) is 31.2 Å². The van der Waals surface area contributed by atoms with E-state index in [2.05, 4.69) is 15.1 Å². The maximum Gasteiger partial charge on any atom is 0.230 e. The summed E-state index contributed by atoms with van der Waals surface area (Å²) in [4.78, 5) is 13.8. The Balaban J connectivity index is 1.48. The van der Waals surface area contributed by atoms with Gasteiger partial charge in [0.15, 0.2) is 11.5 Å². The zero-order chi connectivity index (χ0) is 25.8. The van der Waals surface area contributed by atoms with Crippen molar-refractivity contribution in [2.45, 2.75) is 12.8 Å². The maximum absolute atomic E-state index is 6.47. The number of rotatable bonds is 4. The van der Waals surface area contributed by atoms with Crippen LogP contribution in [0.15, 0.2) is 79.4 Å². The molecule has 0 spiro atoms. The molecule has 186 valence electrons. The highest BCUT2D eigenvalue weighted by molar-refractivity contribution is 6.30. The van der Waals surface area contributed by atoms with Crippen molar-refractivity contribution in [2.75, 3.05) is 7.11 Å². The summed E-state index contributed by atoms with van der Waals surface area (Å²) in [5.74, 6) is 2.08. The highest BCUT2D eigenvalue weighted by Crippen LogP contribution is 2.50. The Labute approximate surface area is 222 Å². The van der Waals surface area contributed by atoms with Crippen LogP contribution in [0.3, 0.4) is 0 Å². The minimum Gasteiger partial charge on any atom is -0.497 e. The summed E-state index contributed by atoms with van der Waals surface area (Å²) in [6.07, 6.45) is 5.07. The lowest BCUT2D eigenvalue weighted by Gasteiger charge is -2.26. The van der Waals surface area contributed by atoms with E-state index in [9.17, 15) is 0 Å². The monoisotopic (exact) mass is 521 g/mol. The minimum atomic E-state index is -0.269. The standard InChI is InChI=1S/C28H20ClN7O2/c1-16-22-23(17-8-10-21(37-2)11-9-17)24-26-32-25(18-5-4-12-30-14-18)34-35(26)15-31-27(24)38-28(22)36(33-16)20-7-3-6-19(29)13-20/h3-15,23H,1-2H3/t23-/m1/s1. The maximum atomic E-state index is 6.47. The topological polar surface area (TPSA) is 92.2 Å². The molecule has 10 heteroatoms. The molecule has 0 radical (unpaired) electrons. The molecule has 0 unspecified atom stereocenters. The second-order valence-corrected chi connectivity index (χ2v) is 9.35. The van der Waals surface area contributed by atoms with Gasteiger partial charge in [-0.05, 0) is 55.0 Å². The molecule has 0 amide bonds. The van der Waals surface area contributed by atoms with E-state index in [0.29, 0.717) is 28.3 Å². The van der Waals surface area contributed by atoms with Crippen LogP contribution in [0.5, 0.6) is 17.5 Å². The first-order valence-electron chi connectivity index (χ1n) is 11.9. The number of pyridine rings is 1. The van der Waals surface area contributed by atoms with Crippen molar-refractivity contribution in [3.05, 3.63) is 107 Å². The summed E-state index contributed by atoms with van der Waals surface area (Å²) >= 11 is 6.31. The predicted octanol–water partition coefficient (Wildman–Crippen LogP) is 5.63. The lowest BCUT2D eigenvalue weighted by Crippen LogP contribution is -2.16. The first kappa shape index (κ1) is 22.4. The van der Waals surface area contributed by atoms with Gasteiger partial charge in [-0.25, -0.2) is 19.2 Å². The van der Waals surface area contributed by atoms with Crippen molar-refractivity contribution >= 4 is 17.2 Å². The Kier molecular flexibility index (Phi) is 5.12. The van der Waals surface area contributed by atoms with Crippen molar-refractivity contribution in [3.8, 4) is 34.6 Å². The number of nitrogens with zero attached hydrogens (tertiary/aromatic N) is 7. The number of ether oxygens (including phenoxy) is 2. The molecule has 1 atom stereocenters. The molecule has 0 fully saturated rings. The SMILES string of the molecule is COc1ccc([C@@H]2c3c(C)nn(-c4cccc(Cl)c4)c3Oc3ncn4nc(-c5cccnc5)nc4c32)cc1. The Morgan fingerprint density at radius 3 is 2.63 bits per heavy atom. The highest BCUT2D eigenvalue weighted by Gasteiger charge is 2.38. The number of aromatic nitrogens is 7. The second kappa shape index (κ2) is 8.67. The first-order chi connectivity index (χ1) is 18.6. The Morgan fingerprint density at radius 1 is 1.00 bits per heavy atom. The molecule has 6 aromatic rings. The Bertz CT molecular complexity index is 1810. The number of methoxy groups -OCH3 is 1. The van der Waals surface area contributed by atoms with Gasteiger partial charge in [0.1, 0.15) is 12.1 Å². The number of fused-ring (bicyclic) bond motifs is 4. The fourth-order valence-electron chi connectivity index (χ4n) is 4.91. The van der Waals surface area contributed by atoms with Gasteiger partial charge < -0.3 is 9.47 Å². The molecule has 9 nitrogen and oxygen atoms in total. The predicted molar refractivity (Wildman–Crippen MR) is 141 cm³/mol. The smallest absolute Gasteiger partial charge is 0.230 e. The molecule has 0 N–H and O–H groups in total. The van der Waals surface area contributed by atoms with Crippen LogP contribution in [0.4, 0.5) is 0 Å². The molecule has 38 heavy (non-hydrogen) atoms. The van der Waals surface area contributed by atoms with E-state index in [1.165, 1.54) is 0 Å². The van der Waals surface area contributed by atoms with Gasteiger partial charge in [-0.15, -0.1) is 5.10 Å². The molecule has 0 saturated carbocycles. The van der Waals surface area contributed by atoms with Crippen molar-refractivity contribution in [1.29, 1.82) is 0 Å². The molecule has 0 aliphatic carbocycles. The lowest BCUT2D eigenvalue weighted by atomic mass is 9.84. The highest BCUT2D eigenvalue weighted by atomic mass is 35.5. The summed E-state index contributed by atoms with van der Waals surface area (Å²) in [5.41, 5.74) is 5.82. The summed E-state index contributed by atoms with van der Waals surface area (Å²) in [5, 5.41) is 10.1. The number of benzene rings is 2. The van der Waals surface area contributed by atoms with Crippen LogP contribution in [-0.4, -0.2) is 41.5 Å². The van der Waals surface area contributed by atoms with Crippen molar-refractivity contribution in [3.63, 3.8) is 0 Å². The molecule has 0 bridgehead atoms. The average molecular weight is 522 g/mol. The lowest BCUT2D eigenvalue weighted by molar-refractivity contribution is 0.402. The van der Waals surface area contributed by atoms with E-state index in [-0.39, 0.29) is 5.92 Å². The second-order valence-electron chi connectivity index (χ2n) is 8.91. The van der Waals surface area contributed by atoms with Crippen molar-refractivity contribution in [2.24, 2.45) is 0 Å². The quantitative estimate of drug-likeness (QED) is 0.296. The largest absolute Gasteiger partial charge is 0.497 e. The van der Waals surface area contributed by atoms with Gasteiger partial charge in [-0.2, -0.15) is 5.10 Å². The van der Waals surface area contributed by atoms with E-state index >= 15 is 0 Å². The Morgan fingerprint density at radius 2 is 1.87 bits per heavy atom. The summed E-state index contributed by atoms with van der Waals surface area (Å²) in [6.45, 7) is 1.98. The minimum absolute atomic E-state index is 0.269. The van der Waals surface area contributed by atoms with Crippen LogP contribution in [0.25, 0.3) is 22.7 Å². The third kappa shape index (κ3) is 3.51. The van der Waals surface area contributed by atoms with Crippen LogP contribution in [0.1, 0.15) is 28.3 Å². The average Bonchev–Trinajstić information content (AvgIpc) is 3.54. The van der Waals surface area contributed by atoms with Crippen LogP contribution in [-0.2, 0) is 0 Å². The summed E-state index contributed by atoms with van der Waals surface area (Å²) in [7, 11) is 1.65. The van der Waals surface area contributed by atoms with E-state index < -0.39 is 0 Å². The molecular formula is C28H20ClN7O2. The van der Waals surface area contributed by atoms with Crippen molar-refractivity contribution < 1.29 is 9.47 Å². The Hall–Kier alpha value is -4.76. The van der Waals surface area contributed by atoms with Gasteiger partial charge in [-0.1, -0.05) is 29.8 Å². The molecule has 4 aromatic heterocycles. The van der Waals surface area contributed by atoms with Gasteiger partial charge in [0, 0.05) is 23.0 Å². The molecule has 1 aliphatic rings. The zero-order valence-electron chi connectivity index (χ0n) is 20.4. The number of halogens is 1. The van der Waals surface area contributed by atoms with Gasteiger partial charge >= 0.3 is 0 Å². The van der Waals surface area contributed by atoms with Gasteiger partial charge in [0.2, 0.25) is 11.8 Å². The fourth-order valence-corrected chi connectivity index (χ4v) is 5.09. The van der Waals surface area contributed by atoms with Crippen LogP contribution >= 0.6 is 11.6 Å². The van der Waals surface area contributed by atoms with E-state index in [1.54, 1.807) is 35.0 Å². The third-order valence-electron chi connectivity index (χ3n) is 6.64. The normalized spacial score (nSPS) is 14.1. The van der Waals surface area contributed by atoms with Crippen LogP contribution < -0.4 is 9.47 Å².